The molecule has 3 rings (SSSR count). The molecular formula is C16H17IN4. The van der Waals surface area contributed by atoms with Gasteiger partial charge in [-0.1, -0.05) is 18.2 Å². The molecule has 3 aromatic rings. The van der Waals surface area contributed by atoms with Gasteiger partial charge in [0.2, 0.25) is 0 Å². The Morgan fingerprint density at radius 2 is 2.00 bits per heavy atom. The predicted octanol–water partition coefficient (Wildman–Crippen LogP) is 3.98. The summed E-state index contributed by atoms with van der Waals surface area (Å²) < 4.78 is 5.14. The van der Waals surface area contributed by atoms with Gasteiger partial charge in [0.25, 0.3) is 0 Å². The molecule has 4 nitrogen and oxygen atoms in total. The summed E-state index contributed by atoms with van der Waals surface area (Å²) in [5.74, 6) is 0. The number of aromatic nitrogens is 4. The highest BCUT2D eigenvalue weighted by molar-refractivity contribution is 14.1. The van der Waals surface area contributed by atoms with Crippen molar-refractivity contribution in [2.24, 2.45) is 0 Å². The Labute approximate surface area is 137 Å². The summed E-state index contributed by atoms with van der Waals surface area (Å²) in [5, 5.41) is 9.01. The van der Waals surface area contributed by atoms with E-state index < -0.39 is 0 Å². The van der Waals surface area contributed by atoms with Gasteiger partial charge in [0.15, 0.2) is 0 Å². The molecule has 0 saturated heterocycles. The Hall–Kier alpha value is -1.63. The van der Waals surface area contributed by atoms with Crippen LogP contribution < -0.4 is 0 Å². The Kier molecular flexibility index (Phi) is 4.10. The van der Waals surface area contributed by atoms with E-state index in [2.05, 4.69) is 71.0 Å². The zero-order chi connectivity index (χ0) is 14.8. The summed E-state index contributed by atoms with van der Waals surface area (Å²) in [6.07, 6.45) is 6.01. The van der Waals surface area contributed by atoms with Crippen LogP contribution in [0, 0.1) is 3.57 Å². The molecular weight excluding hydrogens is 375 g/mol. The molecule has 21 heavy (non-hydrogen) atoms. The van der Waals surface area contributed by atoms with Gasteiger partial charge in [0, 0.05) is 27.6 Å². The summed E-state index contributed by atoms with van der Waals surface area (Å²) in [6.45, 7) is 4.95. The first kappa shape index (κ1) is 14.3. The number of hydrogen-bond acceptors (Lipinski definition) is 2. The average Bonchev–Trinajstić information content (AvgIpc) is 3.09. The van der Waals surface area contributed by atoms with E-state index in [0.717, 1.165) is 11.3 Å². The SMILES string of the molecule is CC(C)n1ccc(Cn2cc(-c3ccccc3I)cn2)n1. The van der Waals surface area contributed by atoms with Gasteiger partial charge in [0.05, 0.1) is 18.4 Å². The Bertz CT molecular complexity index is 742. The minimum absolute atomic E-state index is 0.387. The summed E-state index contributed by atoms with van der Waals surface area (Å²) in [7, 11) is 0. The van der Waals surface area contributed by atoms with Crippen molar-refractivity contribution < 1.29 is 0 Å². The van der Waals surface area contributed by atoms with Crippen molar-refractivity contribution in [1.82, 2.24) is 19.6 Å². The van der Waals surface area contributed by atoms with Crippen molar-refractivity contribution in [3.05, 3.63) is 58.2 Å². The minimum atomic E-state index is 0.387. The lowest BCUT2D eigenvalue weighted by Gasteiger charge is -2.04. The average molecular weight is 392 g/mol. The van der Waals surface area contributed by atoms with Crippen molar-refractivity contribution in [1.29, 1.82) is 0 Å². The highest BCUT2D eigenvalue weighted by Gasteiger charge is 2.07. The normalized spacial score (nSPS) is 11.2. The van der Waals surface area contributed by atoms with Gasteiger partial charge in [-0.3, -0.25) is 9.36 Å². The Morgan fingerprint density at radius 3 is 2.71 bits per heavy atom. The molecule has 0 spiro atoms. The Balaban J connectivity index is 1.80. The van der Waals surface area contributed by atoms with E-state index in [9.17, 15) is 0 Å². The van der Waals surface area contributed by atoms with Gasteiger partial charge < -0.3 is 0 Å². The van der Waals surface area contributed by atoms with Crippen LogP contribution in [0.2, 0.25) is 0 Å². The zero-order valence-corrected chi connectivity index (χ0v) is 14.2. The predicted molar refractivity (Wildman–Crippen MR) is 92.1 cm³/mol. The van der Waals surface area contributed by atoms with Crippen LogP contribution in [-0.4, -0.2) is 19.6 Å². The maximum Gasteiger partial charge on any atom is 0.0850 e. The van der Waals surface area contributed by atoms with Gasteiger partial charge >= 0.3 is 0 Å². The second kappa shape index (κ2) is 6.01. The minimum Gasteiger partial charge on any atom is -0.270 e. The van der Waals surface area contributed by atoms with E-state index in [1.54, 1.807) is 0 Å². The van der Waals surface area contributed by atoms with E-state index in [0.29, 0.717) is 12.6 Å². The lowest BCUT2D eigenvalue weighted by molar-refractivity contribution is 0.521. The number of nitrogens with zero attached hydrogens (tertiary/aromatic N) is 4. The third-order valence-electron chi connectivity index (χ3n) is 3.33. The van der Waals surface area contributed by atoms with Crippen LogP contribution in [0.15, 0.2) is 48.9 Å². The molecule has 0 aliphatic carbocycles. The summed E-state index contributed by atoms with van der Waals surface area (Å²) in [5.41, 5.74) is 3.39. The second-order valence-electron chi connectivity index (χ2n) is 5.29. The van der Waals surface area contributed by atoms with Crippen molar-refractivity contribution in [3.63, 3.8) is 0 Å². The lowest BCUT2D eigenvalue weighted by atomic mass is 10.1. The maximum atomic E-state index is 4.56. The standard InChI is InChI=1S/C16H17IN4/c1-12(2)21-8-7-14(19-21)11-20-10-13(9-18-20)15-5-3-4-6-16(15)17/h3-10,12H,11H2,1-2H3. The van der Waals surface area contributed by atoms with Crippen LogP contribution in [-0.2, 0) is 6.54 Å². The van der Waals surface area contributed by atoms with E-state index >= 15 is 0 Å². The number of hydrogen-bond donors (Lipinski definition) is 0. The zero-order valence-electron chi connectivity index (χ0n) is 12.1. The number of benzene rings is 1. The largest absolute Gasteiger partial charge is 0.270 e. The van der Waals surface area contributed by atoms with Gasteiger partial charge in [-0.15, -0.1) is 0 Å². The molecule has 0 fully saturated rings. The van der Waals surface area contributed by atoms with Gasteiger partial charge in [-0.25, -0.2) is 0 Å². The van der Waals surface area contributed by atoms with Crippen molar-refractivity contribution >= 4 is 22.6 Å². The van der Waals surface area contributed by atoms with Crippen molar-refractivity contribution in [2.45, 2.75) is 26.4 Å². The van der Waals surface area contributed by atoms with Crippen molar-refractivity contribution in [3.8, 4) is 11.1 Å². The fraction of sp³-hybridized carbons (Fsp3) is 0.250. The molecule has 0 saturated carbocycles. The summed E-state index contributed by atoms with van der Waals surface area (Å²) in [6, 6.07) is 10.8. The van der Waals surface area contributed by atoms with Crippen molar-refractivity contribution in [2.75, 3.05) is 0 Å². The molecule has 0 N–H and O–H groups in total. The lowest BCUT2D eigenvalue weighted by Crippen LogP contribution is -2.04. The monoisotopic (exact) mass is 392 g/mol. The van der Waals surface area contributed by atoms with Gasteiger partial charge in [-0.05, 0) is 54.1 Å². The van der Waals surface area contributed by atoms with Crippen LogP contribution in [0.25, 0.3) is 11.1 Å². The first-order chi connectivity index (χ1) is 10.1. The molecule has 0 atom stereocenters. The number of halogens is 1. The molecule has 0 unspecified atom stereocenters. The molecule has 2 heterocycles. The molecule has 0 bridgehead atoms. The van der Waals surface area contributed by atoms with E-state index in [1.807, 2.05) is 33.9 Å². The summed E-state index contributed by atoms with van der Waals surface area (Å²) in [4.78, 5) is 0. The fourth-order valence-electron chi connectivity index (χ4n) is 2.20. The summed E-state index contributed by atoms with van der Waals surface area (Å²) >= 11 is 2.35. The molecule has 1 aromatic carbocycles. The molecule has 0 amide bonds. The third-order valence-corrected chi connectivity index (χ3v) is 4.28. The van der Waals surface area contributed by atoms with E-state index in [-0.39, 0.29) is 0 Å². The molecule has 0 radical (unpaired) electrons. The van der Waals surface area contributed by atoms with Crippen LogP contribution in [0.3, 0.4) is 0 Å². The second-order valence-corrected chi connectivity index (χ2v) is 6.45. The first-order valence-electron chi connectivity index (χ1n) is 6.95. The van der Waals surface area contributed by atoms with Crippen LogP contribution >= 0.6 is 22.6 Å². The van der Waals surface area contributed by atoms with E-state index in [1.165, 1.54) is 9.13 Å². The third kappa shape index (κ3) is 3.18. The van der Waals surface area contributed by atoms with Crippen LogP contribution in [0.1, 0.15) is 25.6 Å². The van der Waals surface area contributed by atoms with E-state index in [4.69, 9.17) is 0 Å². The maximum absolute atomic E-state index is 4.56. The molecule has 0 aliphatic heterocycles. The molecule has 108 valence electrons. The topological polar surface area (TPSA) is 35.6 Å². The Morgan fingerprint density at radius 1 is 1.19 bits per heavy atom. The smallest absolute Gasteiger partial charge is 0.0850 e. The van der Waals surface area contributed by atoms with Gasteiger partial charge in [0.1, 0.15) is 0 Å². The van der Waals surface area contributed by atoms with Gasteiger partial charge in [-0.2, -0.15) is 10.2 Å². The van der Waals surface area contributed by atoms with Crippen LogP contribution in [0.5, 0.6) is 0 Å². The highest BCUT2D eigenvalue weighted by Crippen LogP contribution is 2.24. The first-order valence-corrected chi connectivity index (χ1v) is 8.03. The quantitative estimate of drug-likeness (QED) is 0.630. The molecule has 0 aliphatic rings. The molecule has 2 aromatic heterocycles. The number of rotatable bonds is 4. The molecule has 5 heteroatoms. The fourth-order valence-corrected chi connectivity index (χ4v) is 2.90. The van der Waals surface area contributed by atoms with Crippen LogP contribution in [0.4, 0.5) is 0 Å². The highest BCUT2D eigenvalue weighted by atomic mass is 127.